The van der Waals surface area contributed by atoms with Crippen LogP contribution in [0.5, 0.6) is 5.75 Å². The predicted molar refractivity (Wildman–Crippen MR) is 73.0 cm³/mol. The summed E-state index contributed by atoms with van der Waals surface area (Å²) in [7, 11) is 0. The normalized spacial score (nSPS) is 15.4. The summed E-state index contributed by atoms with van der Waals surface area (Å²) in [5, 5.41) is 0. The monoisotopic (exact) mass is 249 g/mol. The van der Waals surface area contributed by atoms with Crippen molar-refractivity contribution in [2.75, 3.05) is 19.8 Å². The molecule has 0 aliphatic heterocycles. The van der Waals surface area contributed by atoms with Gasteiger partial charge in [-0.05, 0) is 49.4 Å². The van der Waals surface area contributed by atoms with Crippen molar-refractivity contribution in [3.8, 4) is 5.75 Å². The van der Waals surface area contributed by atoms with E-state index in [1.54, 1.807) is 0 Å². The van der Waals surface area contributed by atoms with Gasteiger partial charge in [-0.3, -0.25) is 0 Å². The van der Waals surface area contributed by atoms with E-state index in [0.29, 0.717) is 19.8 Å². The molecule has 1 aliphatic carbocycles. The van der Waals surface area contributed by atoms with Gasteiger partial charge in [0.25, 0.3) is 0 Å². The molecule has 100 valence electrons. The molecule has 0 aromatic heterocycles. The molecule has 0 fully saturated rings. The lowest BCUT2D eigenvalue weighted by Crippen LogP contribution is -2.25. The van der Waals surface area contributed by atoms with Crippen LogP contribution in [-0.4, -0.2) is 25.9 Å². The molecular weight excluding hydrogens is 226 g/mol. The number of benzene rings is 1. The van der Waals surface area contributed by atoms with Crippen LogP contribution in [0.1, 0.15) is 30.9 Å². The van der Waals surface area contributed by atoms with Gasteiger partial charge < -0.3 is 15.2 Å². The highest BCUT2D eigenvalue weighted by Gasteiger charge is 2.11. The van der Waals surface area contributed by atoms with Crippen molar-refractivity contribution >= 4 is 0 Å². The summed E-state index contributed by atoms with van der Waals surface area (Å²) in [6.45, 7) is 3.92. The zero-order valence-electron chi connectivity index (χ0n) is 11.2. The largest absolute Gasteiger partial charge is 0.493 e. The molecule has 1 aliphatic rings. The first-order valence-corrected chi connectivity index (χ1v) is 6.89. The predicted octanol–water partition coefficient (Wildman–Crippen LogP) is 2.31. The highest BCUT2D eigenvalue weighted by molar-refractivity contribution is 5.38. The molecule has 0 spiro atoms. The van der Waals surface area contributed by atoms with Crippen LogP contribution in [0.4, 0.5) is 0 Å². The molecule has 1 atom stereocenters. The number of fused-ring (bicyclic) bond motifs is 1. The maximum atomic E-state index is 5.77. The van der Waals surface area contributed by atoms with Gasteiger partial charge in [0.05, 0.1) is 12.7 Å². The summed E-state index contributed by atoms with van der Waals surface area (Å²) in [4.78, 5) is 0. The quantitative estimate of drug-likeness (QED) is 0.806. The van der Waals surface area contributed by atoms with E-state index in [1.165, 1.54) is 30.4 Å². The van der Waals surface area contributed by atoms with Gasteiger partial charge in [-0.2, -0.15) is 0 Å². The third kappa shape index (κ3) is 3.47. The van der Waals surface area contributed by atoms with Crippen molar-refractivity contribution in [3.63, 3.8) is 0 Å². The molecule has 0 saturated carbocycles. The van der Waals surface area contributed by atoms with Gasteiger partial charge in [0.1, 0.15) is 5.75 Å². The van der Waals surface area contributed by atoms with E-state index >= 15 is 0 Å². The maximum absolute atomic E-state index is 5.77. The van der Waals surface area contributed by atoms with Gasteiger partial charge in [0.15, 0.2) is 0 Å². The highest BCUT2D eigenvalue weighted by atomic mass is 16.5. The topological polar surface area (TPSA) is 44.5 Å². The van der Waals surface area contributed by atoms with Crippen molar-refractivity contribution in [1.82, 2.24) is 0 Å². The van der Waals surface area contributed by atoms with E-state index in [0.717, 1.165) is 12.2 Å². The summed E-state index contributed by atoms with van der Waals surface area (Å²) in [5.74, 6) is 0.975. The Balaban J connectivity index is 1.79. The number of hydrogen-bond acceptors (Lipinski definition) is 3. The van der Waals surface area contributed by atoms with Gasteiger partial charge in [0.2, 0.25) is 0 Å². The summed E-state index contributed by atoms with van der Waals surface area (Å²) in [6, 6.07) is 6.45. The second kappa shape index (κ2) is 6.76. The molecule has 3 heteroatoms. The lowest BCUT2D eigenvalue weighted by molar-refractivity contribution is 0.0527. The molecular formula is C15H23NO2. The Morgan fingerprint density at radius 1 is 1.28 bits per heavy atom. The number of aryl methyl sites for hydroxylation is 2. The average Bonchev–Trinajstić information content (AvgIpc) is 2.85. The van der Waals surface area contributed by atoms with Crippen LogP contribution in [0.3, 0.4) is 0 Å². The minimum absolute atomic E-state index is 0.115. The molecule has 0 amide bonds. The molecule has 1 aromatic rings. The third-order valence-corrected chi connectivity index (χ3v) is 3.44. The SMILES string of the molecule is CCOC(CN)CCOc1ccc2c(c1)CCC2. The average molecular weight is 249 g/mol. The van der Waals surface area contributed by atoms with Crippen LogP contribution in [0.2, 0.25) is 0 Å². The van der Waals surface area contributed by atoms with E-state index in [-0.39, 0.29) is 6.10 Å². The van der Waals surface area contributed by atoms with Crippen LogP contribution >= 0.6 is 0 Å². The molecule has 3 nitrogen and oxygen atoms in total. The molecule has 2 rings (SSSR count). The Morgan fingerprint density at radius 3 is 2.89 bits per heavy atom. The number of rotatable bonds is 7. The van der Waals surface area contributed by atoms with Crippen molar-refractivity contribution in [2.45, 2.75) is 38.7 Å². The Bertz CT molecular complexity index is 379. The second-order valence-corrected chi connectivity index (χ2v) is 4.73. The molecule has 18 heavy (non-hydrogen) atoms. The minimum Gasteiger partial charge on any atom is -0.493 e. The van der Waals surface area contributed by atoms with Crippen LogP contribution in [-0.2, 0) is 17.6 Å². The van der Waals surface area contributed by atoms with Gasteiger partial charge in [-0.25, -0.2) is 0 Å². The van der Waals surface area contributed by atoms with Gasteiger partial charge >= 0.3 is 0 Å². The zero-order valence-corrected chi connectivity index (χ0v) is 11.2. The van der Waals surface area contributed by atoms with Crippen LogP contribution in [0.15, 0.2) is 18.2 Å². The smallest absolute Gasteiger partial charge is 0.119 e. The summed E-state index contributed by atoms with van der Waals surface area (Å²) >= 11 is 0. The summed E-state index contributed by atoms with van der Waals surface area (Å²) in [6.07, 6.45) is 4.65. The maximum Gasteiger partial charge on any atom is 0.119 e. The van der Waals surface area contributed by atoms with E-state index in [2.05, 4.69) is 18.2 Å². The highest BCUT2D eigenvalue weighted by Crippen LogP contribution is 2.26. The molecule has 1 unspecified atom stereocenters. The van der Waals surface area contributed by atoms with Gasteiger partial charge in [-0.1, -0.05) is 6.07 Å². The minimum atomic E-state index is 0.115. The Kier molecular flexibility index (Phi) is 5.02. The van der Waals surface area contributed by atoms with Crippen molar-refractivity contribution < 1.29 is 9.47 Å². The fourth-order valence-corrected chi connectivity index (χ4v) is 2.45. The first-order valence-electron chi connectivity index (χ1n) is 6.89. The molecule has 1 aromatic carbocycles. The van der Waals surface area contributed by atoms with E-state index in [9.17, 15) is 0 Å². The molecule has 0 saturated heterocycles. The number of ether oxygens (including phenoxy) is 2. The Hall–Kier alpha value is -1.06. The van der Waals surface area contributed by atoms with E-state index in [1.807, 2.05) is 6.92 Å². The number of nitrogens with two attached hydrogens (primary N) is 1. The standard InChI is InChI=1S/C15H23NO2/c1-2-17-15(11-16)8-9-18-14-7-6-12-4-3-5-13(12)10-14/h6-7,10,15H,2-5,8-9,11,16H2,1H3. The lowest BCUT2D eigenvalue weighted by atomic mass is 10.1. The Labute approximate surface area is 109 Å². The first-order chi connectivity index (χ1) is 8.83. The fraction of sp³-hybridized carbons (Fsp3) is 0.600. The van der Waals surface area contributed by atoms with Gasteiger partial charge in [0, 0.05) is 19.6 Å². The van der Waals surface area contributed by atoms with Crippen molar-refractivity contribution in [1.29, 1.82) is 0 Å². The van der Waals surface area contributed by atoms with Crippen molar-refractivity contribution in [3.05, 3.63) is 29.3 Å². The number of hydrogen-bond donors (Lipinski definition) is 1. The molecule has 0 bridgehead atoms. The van der Waals surface area contributed by atoms with E-state index in [4.69, 9.17) is 15.2 Å². The Morgan fingerprint density at radius 2 is 2.11 bits per heavy atom. The molecule has 2 N–H and O–H groups in total. The third-order valence-electron chi connectivity index (χ3n) is 3.44. The molecule has 0 heterocycles. The van der Waals surface area contributed by atoms with Crippen LogP contribution < -0.4 is 10.5 Å². The summed E-state index contributed by atoms with van der Waals surface area (Å²) < 4.78 is 11.3. The van der Waals surface area contributed by atoms with Gasteiger partial charge in [-0.15, -0.1) is 0 Å². The zero-order chi connectivity index (χ0) is 12.8. The van der Waals surface area contributed by atoms with E-state index < -0.39 is 0 Å². The fourth-order valence-electron chi connectivity index (χ4n) is 2.45. The van der Waals surface area contributed by atoms with Crippen molar-refractivity contribution in [2.24, 2.45) is 5.73 Å². The summed E-state index contributed by atoms with van der Waals surface area (Å²) in [5.41, 5.74) is 8.57. The van der Waals surface area contributed by atoms with Crippen LogP contribution in [0.25, 0.3) is 0 Å². The van der Waals surface area contributed by atoms with Crippen LogP contribution in [0, 0.1) is 0 Å². The molecule has 0 radical (unpaired) electrons. The second-order valence-electron chi connectivity index (χ2n) is 4.73. The first kappa shape index (κ1) is 13.4. The lowest BCUT2D eigenvalue weighted by Gasteiger charge is -2.15.